The van der Waals surface area contributed by atoms with Crippen molar-refractivity contribution in [2.24, 2.45) is 4.99 Å². The van der Waals surface area contributed by atoms with Gasteiger partial charge in [-0.25, -0.2) is 0 Å². The Bertz CT molecular complexity index is 644. The van der Waals surface area contributed by atoms with Crippen LogP contribution in [0.2, 0.25) is 5.02 Å². The van der Waals surface area contributed by atoms with Gasteiger partial charge < -0.3 is 4.57 Å². The minimum atomic E-state index is 0.706. The maximum absolute atomic E-state index is 6.03. The van der Waals surface area contributed by atoms with Crippen LogP contribution in [-0.2, 0) is 0 Å². The molecule has 0 aliphatic rings. The quantitative estimate of drug-likeness (QED) is 0.795. The minimum absolute atomic E-state index is 0.706. The summed E-state index contributed by atoms with van der Waals surface area (Å²) < 4.78 is 2.89. The van der Waals surface area contributed by atoms with Crippen molar-refractivity contribution in [3.05, 3.63) is 45.8 Å². The van der Waals surface area contributed by atoms with Gasteiger partial charge >= 0.3 is 0 Å². The molecule has 0 radical (unpaired) electrons. The van der Waals surface area contributed by atoms with Crippen LogP contribution in [0.4, 0.5) is 0 Å². The SMILES string of the molecule is C=Cn1c(=NCC)c(Br)cc2ccc(Cl)cc21. The van der Waals surface area contributed by atoms with Gasteiger partial charge in [-0.1, -0.05) is 24.2 Å². The number of nitrogens with zero attached hydrogens (tertiary/aromatic N) is 2. The van der Waals surface area contributed by atoms with E-state index in [1.807, 2.05) is 35.8 Å². The Labute approximate surface area is 113 Å². The van der Waals surface area contributed by atoms with Crippen LogP contribution in [0.15, 0.2) is 40.3 Å². The minimum Gasteiger partial charge on any atom is -0.301 e. The fourth-order valence-corrected chi connectivity index (χ4v) is 2.49. The summed E-state index contributed by atoms with van der Waals surface area (Å²) >= 11 is 9.56. The second-order valence-electron chi connectivity index (χ2n) is 3.55. The van der Waals surface area contributed by atoms with Crippen LogP contribution >= 0.6 is 27.5 Å². The monoisotopic (exact) mass is 310 g/mol. The van der Waals surface area contributed by atoms with E-state index in [2.05, 4.69) is 27.5 Å². The second kappa shape index (κ2) is 5.07. The van der Waals surface area contributed by atoms with Crippen LogP contribution in [-0.4, -0.2) is 11.1 Å². The molecule has 2 rings (SSSR count). The summed E-state index contributed by atoms with van der Waals surface area (Å²) in [7, 11) is 0. The lowest BCUT2D eigenvalue weighted by Crippen LogP contribution is -2.18. The zero-order valence-corrected chi connectivity index (χ0v) is 11.8. The third kappa shape index (κ3) is 2.31. The Hall–Kier alpha value is -1.06. The van der Waals surface area contributed by atoms with Gasteiger partial charge in [0.1, 0.15) is 5.49 Å². The van der Waals surface area contributed by atoms with Crippen molar-refractivity contribution in [3.63, 3.8) is 0 Å². The summed E-state index contributed by atoms with van der Waals surface area (Å²) in [6.45, 7) is 6.56. The number of halogens is 2. The molecular formula is C13H12BrClN2. The number of aromatic nitrogens is 1. The van der Waals surface area contributed by atoms with Gasteiger partial charge in [0.05, 0.1) is 9.99 Å². The predicted molar refractivity (Wildman–Crippen MR) is 77.1 cm³/mol. The van der Waals surface area contributed by atoms with E-state index in [9.17, 15) is 0 Å². The average molecular weight is 312 g/mol. The molecule has 1 aromatic carbocycles. The van der Waals surface area contributed by atoms with Crippen molar-refractivity contribution in [2.75, 3.05) is 6.54 Å². The van der Waals surface area contributed by atoms with E-state index in [1.165, 1.54) is 0 Å². The number of rotatable bonds is 2. The van der Waals surface area contributed by atoms with E-state index in [1.54, 1.807) is 6.20 Å². The van der Waals surface area contributed by atoms with E-state index >= 15 is 0 Å². The topological polar surface area (TPSA) is 17.3 Å². The number of fused-ring (bicyclic) bond motifs is 1. The smallest absolute Gasteiger partial charge is 0.146 e. The molecule has 2 aromatic rings. The van der Waals surface area contributed by atoms with Crippen molar-refractivity contribution in [1.29, 1.82) is 0 Å². The van der Waals surface area contributed by atoms with E-state index in [-0.39, 0.29) is 0 Å². The van der Waals surface area contributed by atoms with Crippen LogP contribution < -0.4 is 5.49 Å². The molecule has 1 aromatic heterocycles. The summed E-state index contributed by atoms with van der Waals surface area (Å²) in [6, 6.07) is 7.82. The molecule has 2 nitrogen and oxygen atoms in total. The molecule has 0 bridgehead atoms. The van der Waals surface area contributed by atoms with Gasteiger partial charge in [-0.15, -0.1) is 0 Å². The molecule has 17 heavy (non-hydrogen) atoms. The van der Waals surface area contributed by atoms with Crippen molar-refractivity contribution in [3.8, 4) is 0 Å². The molecule has 0 aliphatic carbocycles. The maximum Gasteiger partial charge on any atom is 0.146 e. The lowest BCUT2D eigenvalue weighted by Gasteiger charge is -2.09. The molecule has 0 unspecified atom stereocenters. The molecule has 0 aliphatic heterocycles. The van der Waals surface area contributed by atoms with E-state index < -0.39 is 0 Å². The highest BCUT2D eigenvalue weighted by molar-refractivity contribution is 9.10. The van der Waals surface area contributed by atoms with Crippen molar-refractivity contribution in [2.45, 2.75) is 6.92 Å². The number of hydrogen-bond acceptors (Lipinski definition) is 1. The zero-order chi connectivity index (χ0) is 12.4. The molecule has 0 saturated heterocycles. The molecule has 4 heteroatoms. The molecule has 0 amide bonds. The summed E-state index contributed by atoms with van der Waals surface area (Å²) in [6.07, 6.45) is 1.75. The van der Waals surface area contributed by atoms with Crippen molar-refractivity contribution in [1.82, 2.24) is 4.57 Å². The second-order valence-corrected chi connectivity index (χ2v) is 4.84. The fraction of sp³-hybridized carbons (Fsp3) is 0.154. The Morgan fingerprint density at radius 3 is 2.88 bits per heavy atom. The van der Waals surface area contributed by atoms with E-state index in [0.29, 0.717) is 5.02 Å². The van der Waals surface area contributed by atoms with Crippen LogP contribution in [0.3, 0.4) is 0 Å². The summed E-state index contributed by atoms with van der Waals surface area (Å²) in [5.74, 6) is 0. The zero-order valence-electron chi connectivity index (χ0n) is 9.45. The molecule has 0 atom stereocenters. The van der Waals surface area contributed by atoms with Crippen molar-refractivity contribution >= 4 is 44.6 Å². The normalized spacial score (nSPS) is 12.1. The van der Waals surface area contributed by atoms with Gasteiger partial charge in [-0.3, -0.25) is 4.99 Å². The third-order valence-corrected chi connectivity index (χ3v) is 3.29. The number of pyridine rings is 1. The van der Waals surface area contributed by atoms with Gasteiger partial charge in [-0.05, 0) is 46.4 Å². The van der Waals surface area contributed by atoms with Gasteiger partial charge in [0.25, 0.3) is 0 Å². The number of hydrogen-bond donors (Lipinski definition) is 0. The maximum atomic E-state index is 6.03. The van der Waals surface area contributed by atoms with Gasteiger partial charge in [-0.2, -0.15) is 0 Å². The lowest BCUT2D eigenvalue weighted by atomic mass is 10.2. The molecule has 0 N–H and O–H groups in total. The molecule has 0 spiro atoms. The molecule has 1 heterocycles. The summed E-state index contributed by atoms with van der Waals surface area (Å²) in [5, 5.41) is 1.80. The first-order valence-electron chi connectivity index (χ1n) is 5.30. The lowest BCUT2D eigenvalue weighted by molar-refractivity contribution is 0.955. The standard InChI is InChI=1S/C13H12BrClN2/c1-3-16-13-11(14)7-9-5-6-10(15)8-12(9)17(13)4-2/h4-8H,2-3H2,1H3. The molecule has 0 saturated carbocycles. The Kier molecular flexibility index (Phi) is 3.69. The fourth-order valence-electron chi connectivity index (χ4n) is 1.76. The van der Waals surface area contributed by atoms with Crippen LogP contribution in [0.25, 0.3) is 17.1 Å². The Morgan fingerprint density at radius 2 is 2.24 bits per heavy atom. The number of benzene rings is 1. The van der Waals surface area contributed by atoms with E-state index in [0.717, 1.165) is 27.4 Å². The third-order valence-electron chi connectivity index (χ3n) is 2.47. The molecular weight excluding hydrogens is 300 g/mol. The first kappa shape index (κ1) is 12.4. The Morgan fingerprint density at radius 1 is 1.47 bits per heavy atom. The predicted octanol–water partition coefficient (Wildman–Crippen LogP) is 4.08. The average Bonchev–Trinajstić information content (AvgIpc) is 2.31. The first-order valence-corrected chi connectivity index (χ1v) is 6.47. The Balaban J connectivity index is 2.97. The summed E-state index contributed by atoms with van der Waals surface area (Å²) in [4.78, 5) is 4.46. The van der Waals surface area contributed by atoms with Crippen LogP contribution in [0.1, 0.15) is 6.92 Å². The molecule has 0 fully saturated rings. The largest absolute Gasteiger partial charge is 0.301 e. The molecule has 88 valence electrons. The van der Waals surface area contributed by atoms with Gasteiger partial charge in [0.15, 0.2) is 0 Å². The highest BCUT2D eigenvalue weighted by Gasteiger charge is 2.04. The highest BCUT2D eigenvalue weighted by Crippen LogP contribution is 2.20. The van der Waals surface area contributed by atoms with Crippen molar-refractivity contribution < 1.29 is 0 Å². The van der Waals surface area contributed by atoms with Crippen LogP contribution in [0.5, 0.6) is 0 Å². The summed E-state index contributed by atoms with van der Waals surface area (Å²) in [5.41, 5.74) is 1.86. The highest BCUT2D eigenvalue weighted by atomic mass is 79.9. The van der Waals surface area contributed by atoms with Gasteiger partial charge in [0.2, 0.25) is 0 Å². The van der Waals surface area contributed by atoms with Gasteiger partial charge in [0, 0.05) is 17.8 Å². The van der Waals surface area contributed by atoms with E-state index in [4.69, 9.17) is 11.6 Å². The van der Waals surface area contributed by atoms with Crippen LogP contribution in [0, 0.1) is 0 Å². The first-order chi connectivity index (χ1) is 8.17.